The molecule has 1 amide bonds. The third-order valence-corrected chi connectivity index (χ3v) is 5.95. The van der Waals surface area contributed by atoms with Gasteiger partial charge >= 0.3 is 0 Å². The van der Waals surface area contributed by atoms with Gasteiger partial charge in [-0.25, -0.2) is 4.98 Å². The highest BCUT2D eigenvalue weighted by molar-refractivity contribution is 7.13. The van der Waals surface area contributed by atoms with Gasteiger partial charge in [0.15, 0.2) is 11.7 Å². The lowest BCUT2D eigenvalue weighted by atomic mass is 9.99. The quantitative estimate of drug-likeness (QED) is 0.622. The zero-order valence-electron chi connectivity index (χ0n) is 17.2. The number of hydrogen-bond acceptors (Lipinski definition) is 6. The molecule has 7 heteroatoms. The van der Waals surface area contributed by atoms with Crippen LogP contribution in [0.1, 0.15) is 22.4 Å². The zero-order valence-corrected chi connectivity index (χ0v) is 18.0. The summed E-state index contributed by atoms with van der Waals surface area (Å²) in [5.41, 5.74) is 4.65. The molecule has 0 unspecified atom stereocenters. The summed E-state index contributed by atoms with van der Waals surface area (Å²) in [6.45, 7) is 4.55. The number of aryl methyl sites for hydroxylation is 1. The van der Waals surface area contributed by atoms with Crippen molar-refractivity contribution < 1.29 is 14.3 Å². The molecule has 3 aromatic rings. The number of rotatable bonds is 7. The van der Waals surface area contributed by atoms with Crippen molar-refractivity contribution in [2.45, 2.75) is 26.4 Å². The first-order valence-corrected chi connectivity index (χ1v) is 10.8. The number of carbonyl (C=O) groups excluding carboxylic acids is 1. The maximum atomic E-state index is 12.2. The first-order chi connectivity index (χ1) is 14.6. The fourth-order valence-electron chi connectivity index (χ4n) is 3.53. The summed E-state index contributed by atoms with van der Waals surface area (Å²) in [6.07, 6.45) is 0.997. The minimum absolute atomic E-state index is 0.0356. The summed E-state index contributed by atoms with van der Waals surface area (Å²) in [7, 11) is 1.70. The lowest BCUT2D eigenvalue weighted by molar-refractivity contribution is -0.118. The third kappa shape index (κ3) is 4.98. The van der Waals surface area contributed by atoms with Crippen LogP contribution in [0.2, 0.25) is 0 Å². The third-order valence-electron chi connectivity index (χ3n) is 5.14. The molecule has 1 aliphatic heterocycles. The van der Waals surface area contributed by atoms with E-state index in [1.807, 2.05) is 42.6 Å². The number of ether oxygens (including phenoxy) is 2. The molecule has 4 rings (SSSR count). The van der Waals surface area contributed by atoms with Crippen LogP contribution in [0.3, 0.4) is 0 Å². The van der Waals surface area contributed by atoms with Gasteiger partial charge in [-0.05, 0) is 48.2 Å². The van der Waals surface area contributed by atoms with Crippen LogP contribution in [0.15, 0.2) is 47.8 Å². The number of nitrogens with zero attached hydrogens (tertiary/aromatic N) is 2. The van der Waals surface area contributed by atoms with E-state index in [0.29, 0.717) is 5.13 Å². The lowest BCUT2D eigenvalue weighted by Gasteiger charge is -2.28. The van der Waals surface area contributed by atoms with Gasteiger partial charge in [0.25, 0.3) is 5.91 Å². The van der Waals surface area contributed by atoms with Gasteiger partial charge in [-0.1, -0.05) is 24.3 Å². The molecule has 2 aromatic carbocycles. The Hall–Kier alpha value is -2.90. The number of carbonyl (C=O) groups is 1. The highest BCUT2D eigenvalue weighted by atomic mass is 32.1. The van der Waals surface area contributed by atoms with Crippen molar-refractivity contribution in [2.75, 3.05) is 25.6 Å². The molecule has 0 fully saturated rings. The fourth-order valence-corrected chi connectivity index (χ4v) is 4.25. The molecule has 1 aliphatic rings. The van der Waals surface area contributed by atoms with Crippen LogP contribution >= 0.6 is 11.3 Å². The number of hydrogen-bond donors (Lipinski definition) is 1. The summed E-state index contributed by atoms with van der Waals surface area (Å²) in [4.78, 5) is 19.1. The molecule has 0 bridgehead atoms. The van der Waals surface area contributed by atoms with Crippen molar-refractivity contribution in [3.8, 4) is 11.5 Å². The molecule has 30 heavy (non-hydrogen) atoms. The zero-order chi connectivity index (χ0) is 20.9. The fraction of sp³-hybridized carbons (Fsp3) is 0.304. The molecule has 2 heterocycles. The van der Waals surface area contributed by atoms with Gasteiger partial charge in [-0.3, -0.25) is 15.0 Å². The first kappa shape index (κ1) is 20.4. The number of para-hydroxylation sites is 1. The molecule has 0 atom stereocenters. The maximum absolute atomic E-state index is 12.2. The normalized spacial score (nSPS) is 13.5. The Bertz CT molecular complexity index is 1030. The van der Waals surface area contributed by atoms with Crippen LogP contribution in [0.4, 0.5) is 5.13 Å². The molecular weight excluding hydrogens is 398 g/mol. The predicted octanol–water partition coefficient (Wildman–Crippen LogP) is 4.04. The van der Waals surface area contributed by atoms with Crippen molar-refractivity contribution in [3.63, 3.8) is 0 Å². The van der Waals surface area contributed by atoms with E-state index in [1.54, 1.807) is 7.11 Å². The highest BCUT2D eigenvalue weighted by Crippen LogP contribution is 2.25. The van der Waals surface area contributed by atoms with Crippen LogP contribution in [-0.2, 0) is 24.3 Å². The van der Waals surface area contributed by atoms with E-state index >= 15 is 0 Å². The summed E-state index contributed by atoms with van der Waals surface area (Å²) >= 11 is 1.44. The number of aromatic nitrogens is 1. The smallest absolute Gasteiger partial charge is 0.264 e. The monoisotopic (exact) mass is 423 g/mol. The van der Waals surface area contributed by atoms with Crippen molar-refractivity contribution in [1.29, 1.82) is 0 Å². The second-order valence-corrected chi connectivity index (χ2v) is 8.20. The molecule has 1 N–H and O–H groups in total. The Morgan fingerprint density at radius 2 is 2.10 bits per heavy atom. The van der Waals surface area contributed by atoms with E-state index in [1.165, 1.54) is 22.5 Å². The number of methoxy groups -OCH3 is 1. The van der Waals surface area contributed by atoms with Crippen LogP contribution in [0.25, 0.3) is 0 Å². The number of amides is 1. The lowest BCUT2D eigenvalue weighted by Crippen LogP contribution is -2.30. The number of fused-ring (bicyclic) bond motifs is 1. The maximum Gasteiger partial charge on any atom is 0.264 e. The molecule has 0 radical (unpaired) electrons. The van der Waals surface area contributed by atoms with E-state index in [4.69, 9.17) is 9.47 Å². The van der Waals surface area contributed by atoms with Gasteiger partial charge in [0.1, 0.15) is 11.5 Å². The van der Waals surface area contributed by atoms with E-state index in [9.17, 15) is 4.79 Å². The first-order valence-electron chi connectivity index (χ1n) is 9.91. The molecule has 6 nitrogen and oxygen atoms in total. The average molecular weight is 424 g/mol. The van der Waals surface area contributed by atoms with Gasteiger partial charge in [0.05, 0.1) is 12.8 Å². The molecule has 0 aliphatic carbocycles. The van der Waals surface area contributed by atoms with E-state index in [0.717, 1.165) is 48.8 Å². The Balaban J connectivity index is 1.29. The molecule has 0 saturated carbocycles. The standard InChI is InChI=1S/C23H25N3O3S/c1-16-5-3-4-6-21(16)29-14-22(27)25-23-24-19(15-30-23)13-26-10-9-17-11-20(28-2)8-7-18(17)12-26/h3-8,11,15H,9-10,12-14H2,1-2H3,(H,24,25,27). The topological polar surface area (TPSA) is 63.7 Å². The Kier molecular flexibility index (Phi) is 6.30. The molecular formula is C23H25N3O3S. The molecule has 1 aromatic heterocycles. The minimum atomic E-state index is -0.208. The van der Waals surface area contributed by atoms with Gasteiger partial charge < -0.3 is 9.47 Å². The van der Waals surface area contributed by atoms with Crippen LogP contribution in [-0.4, -0.2) is 36.1 Å². The van der Waals surface area contributed by atoms with Gasteiger partial charge in [-0.2, -0.15) is 0 Å². The second kappa shape index (κ2) is 9.28. The average Bonchev–Trinajstić information content (AvgIpc) is 3.19. The minimum Gasteiger partial charge on any atom is -0.497 e. The number of nitrogens with one attached hydrogen (secondary N) is 1. The SMILES string of the molecule is COc1ccc2c(c1)CCN(Cc1csc(NC(=O)COc3ccccc3C)n1)C2. The summed E-state index contributed by atoms with van der Waals surface area (Å²) < 4.78 is 10.9. The predicted molar refractivity (Wildman–Crippen MR) is 118 cm³/mol. The van der Waals surface area contributed by atoms with Crippen molar-refractivity contribution in [2.24, 2.45) is 0 Å². The van der Waals surface area contributed by atoms with Crippen molar-refractivity contribution in [3.05, 3.63) is 70.2 Å². The van der Waals surface area contributed by atoms with E-state index in [-0.39, 0.29) is 12.5 Å². The summed E-state index contributed by atoms with van der Waals surface area (Å²) in [5, 5.41) is 5.43. The number of anilines is 1. The van der Waals surface area contributed by atoms with Crippen LogP contribution < -0.4 is 14.8 Å². The molecule has 156 valence electrons. The molecule has 0 saturated heterocycles. The number of benzene rings is 2. The van der Waals surface area contributed by atoms with Crippen molar-refractivity contribution in [1.82, 2.24) is 9.88 Å². The second-order valence-electron chi connectivity index (χ2n) is 7.34. The van der Waals surface area contributed by atoms with Gasteiger partial charge in [-0.15, -0.1) is 11.3 Å². The van der Waals surface area contributed by atoms with E-state index < -0.39 is 0 Å². The number of thiazole rings is 1. The Morgan fingerprint density at radius 3 is 2.93 bits per heavy atom. The largest absolute Gasteiger partial charge is 0.497 e. The van der Waals surface area contributed by atoms with Crippen LogP contribution in [0, 0.1) is 6.92 Å². The summed E-state index contributed by atoms with van der Waals surface area (Å²) in [6, 6.07) is 13.9. The van der Waals surface area contributed by atoms with Crippen molar-refractivity contribution >= 4 is 22.4 Å². The highest BCUT2D eigenvalue weighted by Gasteiger charge is 2.18. The van der Waals surface area contributed by atoms with Gasteiger partial charge in [0, 0.05) is 25.0 Å². The van der Waals surface area contributed by atoms with Gasteiger partial charge in [0.2, 0.25) is 0 Å². The molecule has 0 spiro atoms. The van der Waals surface area contributed by atoms with E-state index in [2.05, 4.69) is 27.3 Å². The summed E-state index contributed by atoms with van der Waals surface area (Å²) in [5.74, 6) is 1.42. The Labute approximate surface area is 180 Å². The Morgan fingerprint density at radius 1 is 1.23 bits per heavy atom. The van der Waals surface area contributed by atoms with Crippen LogP contribution in [0.5, 0.6) is 11.5 Å².